The number of carbonyl (C=O) groups excluding carboxylic acids is 1. The second kappa shape index (κ2) is 46.8. The lowest BCUT2D eigenvalue weighted by Crippen LogP contribution is -2.36. The third kappa shape index (κ3) is 41.1. The minimum atomic E-state index is -0.749. The first-order chi connectivity index (χ1) is 26.7. The number of hydrogen-bond donors (Lipinski definition) is 0. The highest BCUT2D eigenvalue weighted by molar-refractivity contribution is 5.67. The summed E-state index contributed by atoms with van der Waals surface area (Å²) >= 11 is 0. The van der Waals surface area contributed by atoms with Crippen molar-refractivity contribution in [1.29, 1.82) is 0 Å². The Bertz CT molecular complexity index is 688. The van der Waals surface area contributed by atoms with E-state index in [1.807, 2.05) is 0 Å². The van der Waals surface area contributed by atoms with E-state index in [2.05, 4.69) is 20.8 Å². The number of rotatable bonds is 48. The van der Waals surface area contributed by atoms with E-state index in [-0.39, 0.29) is 5.92 Å². The second-order valence-electron chi connectivity index (χ2n) is 18.2. The Morgan fingerprint density at radius 3 is 0.630 bits per heavy atom. The van der Waals surface area contributed by atoms with E-state index in [9.17, 15) is 9.90 Å². The van der Waals surface area contributed by atoms with E-state index in [1.54, 1.807) is 0 Å². The van der Waals surface area contributed by atoms with Gasteiger partial charge in [-0.05, 0) is 25.2 Å². The number of unbranched alkanes of at least 4 members (excludes halogenated alkanes) is 40. The van der Waals surface area contributed by atoms with Crippen LogP contribution < -0.4 is 5.11 Å². The summed E-state index contributed by atoms with van der Waals surface area (Å²) in [5.74, 6) is -0.645. The van der Waals surface area contributed by atoms with Crippen LogP contribution >= 0.6 is 0 Å². The molecule has 54 heavy (non-hydrogen) atoms. The highest BCUT2D eigenvalue weighted by atomic mass is 16.4. The van der Waals surface area contributed by atoms with Gasteiger partial charge in [0, 0.05) is 11.9 Å². The lowest BCUT2D eigenvalue weighted by molar-refractivity contribution is -0.313. The van der Waals surface area contributed by atoms with Gasteiger partial charge >= 0.3 is 0 Å². The van der Waals surface area contributed by atoms with Gasteiger partial charge in [-0.3, -0.25) is 0 Å². The zero-order valence-corrected chi connectivity index (χ0v) is 38.0. The molecule has 0 aromatic carbocycles. The summed E-state index contributed by atoms with van der Waals surface area (Å²) in [7, 11) is 0. The van der Waals surface area contributed by atoms with E-state index in [0.717, 1.165) is 25.7 Å². The van der Waals surface area contributed by atoms with Crippen LogP contribution in [-0.4, -0.2) is 5.97 Å². The normalized spacial score (nSPS) is 12.8. The molecule has 0 aliphatic carbocycles. The lowest BCUT2D eigenvalue weighted by Gasteiger charge is -2.28. The summed E-state index contributed by atoms with van der Waals surface area (Å²) in [5.41, 5.74) is 0. The third-order valence-electron chi connectivity index (χ3n) is 12.8. The largest absolute Gasteiger partial charge is 0.550 e. The number of carbonyl (C=O) groups is 1. The Balaban J connectivity index is 4.32. The predicted molar refractivity (Wildman–Crippen MR) is 241 cm³/mol. The fraction of sp³-hybridized carbons (Fsp3) is 0.981. The average Bonchev–Trinajstić information content (AvgIpc) is 3.17. The fourth-order valence-electron chi connectivity index (χ4n) is 9.03. The molecule has 324 valence electrons. The minimum Gasteiger partial charge on any atom is -0.550 e. The SMILES string of the molecule is CCCCCCCCCCCCCCCCCC(CCCCCCCCCCCCCCCC)C(CCCCCCCCCCCCCCCC)C(=O)[O-]. The first-order valence-corrected chi connectivity index (χ1v) is 25.9. The zero-order valence-electron chi connectivity index (χ0n) is 38.0. The average molecular weight is 760 g/mol. The Labute approximate surface area is 342 Å². The van der Waals surface area contributed by atoms with Crippen LogP contribution in [0.1, 0.15) is 316 Å². The summed E-state index contributed by atoms with van der Waals surface area (Å²) in [4.78, 5) is 12.5. The lowest BCUT2D eigenvalue weighted by atomic mass is 9.80. The van der Waals surface area contributed by atoms with E-state index in [0.29, 0.717) is 5.92 Å². The van der Waals surface area contributed by atoms with Crippen molar-refractivity contribution in [3.05, 3.63) is 0 Å². The van der Waals surface area contributed by atoms with Crippen LogP contribution in [0.15, 0.2) is 0 Å². The molecule has 0 aromatic heterocycles. The Kier molecular flexibility index (Phi) is 46.4. The molecule has 0 aliphatic heterocycles. The molecule has 0 spiro atoms. The van der Waals surface area contributed by atoms with Gasteiger partial charge in [0.1, 0.15) is 0 Å². The second-order valence-corrected chi connectivity index (χ2v) is 18.2. The van der Waals surface area contributed by atoms with Crippen LogP contribution in [0.5, 0.6) is 0 Å². The summed E-state index contributed by atoms with van der Waals surface area (Å²) in [6.07, 6.45) is 62.1. The summed E-state index contributed by atoms with van der Waals surface area (Å²) in [6.45, 7) is 6.89. The molecule has 0 saturated heterocycles. The molecule has 2 atom stereocenters. The first kappa shape index (κ1) is 53.5. The molecule has 0 N–H and O–H groups in total. The molecule has 0 amide bonds. The van der Waals surface area contributed by atoms with Crippen molar-refractivity contribution in [1.82, 2.24) is 0 Å². The molecular weight excluding hydrogens is 657 g/mol. The molecular formula is C52H103O2-. The Morgan fingerprint density at radius 2 is 0.444 bits per heavy atom. The van der Waals surface area contributed by atoms with Crippen LogP contribution in [0.25, 0.3) is 0 Å². The molecule has 0 heterocycles. The van der Waals surface area contributed by atoms with Gasteiger partial charge in [-0.25, -0.2) is 0 Å². The third-order valence-corrected chi connectivity index (χ3v) is 12.8. The molecule has 2 nitrogen and oxygen atoms in total. The van der Waals surface area contributed by atoms with Crippen molar-refractivity contribution in [3.63, 3.8) is 0 Å². The van der Waals surface area contributed by atoms with Crippen LogP contribution in [0.3, 0.4) is 0 Å². The predicted octanol–water partition coefficient (Wildman–Crippen LogP) is 18.0. The van der Waals surface area contributed by atoms with Gasteiger partial charge in [-0.2, -0.15) is 0 Å². The quantitative estimate of drug-likeness (QED) is 0.0580. The van der Waals surface area contributed by atoms with Crippen molar-refractivity contribution in [3.8, 4) is 0 Å². The number of carboxylic acids is 1. The molecule has 0 radical (unpaired) electrons. The van der Waals surface area contributed by atoms with Crippen LogP contribution in [0.4, 0.5) is 0 Å². The van der Waals surface area contributed by atoms with Gasteiger partial charge in [0.05, 0.1) is 0 Å². The fourth-order valence-corrected chi connectivity index (χ4v) is 9.03. The Morgan fingerprint density at radius 1 is 0.278 bits per heavy atom. The van der Waals surface area contributed by atoms with Crippen LogP contribution in [-0.2, 0) is 4.79 Å². The molecule has 0 aromatic rings. The van der Waals surface area contributed by atoms with E-state index >= 15 is 0 Å². The van der Waals surface area contributed by atoms with Crippen LogP contribution in [0, 0.1) is 11.8 Å². The van der Waals surface area contributed by atoms with E-state index in [1.165, 1.54) is 270 Å². The van der Waals surface area contributed by atoms with Crippen molar-refractivity contribution in [2.24, 2.45) is 11.8 Å². The van der Waals surface area contributed by atoms with Gasteiger partial charge in [-0.15, -0.1) is 0 Å². The highest BCUT2D eigenvalue weighted by Crippen LogP contribution is 2.30. The molecule has 2 heteroatoms. The maximum absolute atomic E-state index is 12.5. The maximum Gasteiger partial charge on any atom is 0.0448 e. The molecule has 2 unspecified atom stereocenters. The van der Waals surface area contributed by atoms with Gasteiger partial charge in [0.25, 0.3) is 0 Å². The highest BCUT2D eigenvalue weighted by Gasteiger charge is 2.22. The summed E-state index contributed by atoms with van der Waals surface area (Å²) in [6, 6.07) is 0. The van der Waals surface area contributed by atoms with Crippen molar-refractivity contribution in [2.75, 3.05) is 0 Å². The summed E-state index contributed by atoms with van der Waals surface area (Å²) in [5, 5.41) is 12.5. The maximum atomic E-state index is 12.5. The van der Waals surface area contributed by atoms with Crippen molar-refractivity contribution >= 4 is 5.97 Å². The van der Waals surface area contributed by atoms with Crippen LogP contribution in [0.2, 0.25) is 0 Å². The van der Waals surface area contributed by atoms with E-state index < -0.39 is 5.97 Å². The molecule has 0 rings (SSSR count). The topological polar surface area (TPSA) is 40.1 Å². The summed E-state index contributed by atoms with van der Waals surface area (Å²) < 4.78 is 0. The zero-order chi connectivity index (χ0) is 39.3. The van der Waals surface area contributed by atoms with Gasteiger partial charge in [-0.1, -0.05) is 297 Å². The monoisotopic (exact) mass is 760 g/mol. The Hall–Kier alpha value is -0.530. The molecule has 0 bridgehead atoms. The van der Waals surface area contributed by atoms with E-state index in [4.69, 9.17) is 0 Å². The van der Waals surface area contributed by atoms with Gasteiger partial charge in [0.15, 0.2) is 0 Å². The van der Waals surface area contributed by atoms with Crippen molar-refractivity contribution in [2.45, 2.75) is 316 Å². The number of carboxylic acid groups (broad SMARTS) is 1. The number of aliphatic carboxylic acids is 1. The first-order valence-electron chi connectivity index (χ1n) is 25.9. The molecule has 0 aliphatic rings. The van der Waals surface area contributed by atoms with Gasteiger partial charge < -0.3 is 9.90 Å². The molecule has 0 fully saturated rings. The standard InChI is InChI=1S/C52H104O2/c1-4-7-10-13-16-19-22-25-28-30-33-36-39-42-45-48-50(47-44-41-38-35-32-29-26-23-20-17-14-11-8-5-2)51(52(53)54)49-46-43-40-37-34-31-27-24-21-18-15-12-9-6-3/h50-51H,4-49H2,1-3H3,(H,53,54)/p-1. The number of hydrogen-bond acceptors (Lipinski definition) is 2. The van der Waals surface area contributed by atoms with Crippen molar-refractivity contribution < 1.29 is 9.90 Å². The van der Waals surface area contributed by atoms with Gasteiger partial charge in [0.2, 0.25) is 0 Å². The molecule has 0 saturated carbocycles. The smallest absolute Gasteiger partial charge is 0.0448 e. The minimum absolute atomic E-state index is 0.226.